The number of fused-ring (bicyclic) bond motifs is 10. The monoisotopic (exact) mass is 362 g/mol. The van der Waals surface area contributed by atoms with E-state index < -0.39 is 0 Å². The summed E-state index contributed by atoms with van der Waals surface area (Å²) in [5.41, 5.74) is 4.70. The molecular weight excluding hydrogens is 348 g/mol. The molecule has 1 aliphatic rings. The molecule has 2 aromatic carbocycles. The number of aromatic nitrogens is 2. The van der Waals surface area contributed by atoms with E-state index in [4.69, 9.17) is 4.98 Å². The third-order valence-electron chi connectivity index (χ3n) is 4.80. The highest BCUT2D eigenvalue weighted by Crippen LogP contribution is 2.25. The van der Waals surface area contributed by atoms with Crippen LogP contribution >= 0.6 is 0 Å². The minimum Gasteiger partial charge on any atom is -0.289 e. The molecule has 0 saturated heterocycles. The van der Waals surface area contributed by atoms with Gasteiger partial charge in [-0.3, -0.25) is 9.59 Å². The molecule has 3 heterocycles. The van der Waals surface area contributed by atoms with Crippen molar-refractivity contribution in [3.05, 3.63) is 107 Å². The highest BCUT2D eigenvalue weighted by atomic mass is 16.1. The maximum absolute atomic E-state index is 13.0. The maximum atomic E-state index is 13.0. The predicted octanol–water partition coefficient (Wildman–Crippen LogP) is 4.59. The Morgan fingerprint density at radius 2 is 0.857 bits per heavy atom. The molecule has 4 aromatic rings. The Kier molecular flexibility index (Phi) is 3.69. The van der Waals surface area contributed by atoms with Crippen LogP contribution in [0.3, 0.4) is 0 Å². The summed E-state index contributed by atoms with van der Waals surface area (Å²) in [6, 6.07) is 25.1. The molecule has 0 spiro atoms. The van der Waals surface area contributed by atoms with Gasteiger partial charge in [0.2, 0.25) is 5.78 Å². The fourth-order valence-corrected chi connectivity index (χ4v) is 3.38. The van der Waals surface area contributed by atoms with Crippen LogP contribution in [-0.2, 0) is 0 Å². The second-order valence-corrected chi connectivity index (χ2v) is 6.64. The van der Waals surface area contributed by atoms with Crippen molar-refractivity contribution in [1.82, 2.24) is 9.97 Å². The maximum Gasteiger partial charge on any atom is 0.211 e. The SMILES string of the molecule is O=C1c2cccc(c2)C(=O)c2cccc(n2)-c2cccc(n2)-c2cccc1c2. The lowest BCUT2D eigenvalue weighted by molar-refractivity contribution is 0.103. The first-order valence-corrected chi connectivity index (χ1v) is 8.93. The van der Waals surface area contributed by atoms with Crippen LogP contribution in [0.4, 0.5) is 0 Å². The third kappa shape index (κ3) is 2.72. The molecule has 0 radical (unpaired) electrons. The number of benzene rings is 2. The van der Waals surface area contributed by atoms with E-state index in [1.807, 2.05) is 42.5 Å². The van der Waals surface area contributed by atoms with Gasteiger partial charge in [0, 0.05) is 22.3 Å². The zero-order valence-corrected chi connectivity index (χ0v) is 14.8. The van der Waals surface area contributed by atoms with Crippen molar-refractivity contribution < 1.29 is 9.59 Å². The van der Waals surface area contributed by atoms with Gasteiger partial charge in [0.1, 0.15) is 5.69 Å². The van der Waals surface area contributed by atoms with E-state index in [-0.39, 0.29) is 11.6 Å². The normalized spacial score (nSPS) is 12.4. The van der Waals surface area contributed by atoms with E-state index in [1.54, 1.807) is 42.5 Å². The lowest BCUT2D eigenvalue weighted by Crippen LogP contribution is -2.08. The van der Waals surface area contributed by atoms with E-state index in [0.29, 0.717) is 33.8 Å². The molecule has 4 heteroatoms. The number of rotatable bonds is 0. The zero-order chi connectivity index (χ0) is 19.1. The van der Waals surface area contributed by atoms with Crippen LogP contribution in [0.15, 0.2) is 84.9 Å². The topological polar surface area (TPSA) is 59.9 Å². The number of carbonyl (C=O) groups is 2. The minimum absolute atomic E-state index is 0.133. The molecule has 0 saturated carbocycles. The van der Waals surface area contributed by atoms with Crippen LogP contribution in [0.25, 0.3) is 22.6 Å². The standard InChI is InChI=1S/C24H14N2O2/c27-23-16-6-1-5-15(13-16)19-9-3-10-20(25-19)21-11-4-12-22(26-21)24(28)18-8-2-7-17(23)14-18/h1-14H. The summed E-state index contributed by atoms with van der Waals surface area (Å²) in [4.78, 5) is 35.2. The Balaban J connectivity index is 1.82. The summed E-state index contributed by atoms with van der Waals surface area (Å²) in [7, 11) is 0. The summed E-state index contributed by atoms with van der Waals surface area (Å²) < 4.78 is 0. The summed E-state index contributed by atoms with van der Waals surface area (Å²) in [6.07, 6.45) is 0. The molecule has 4 nitrogen and oxygen atoms in total. The number of hydrogen-bond donors (Lipinski definition) is 0. The van der Waals surface area contributed by atoms with Crippen molar-refractivity contribution in [3.63, 3.8) is 0 Å². The molecule has 0 atom stereocenters. The lowest BCUT2D eigenvalue weighted by Gasteiger charge is -2.10. The Bertz CT molecular complexity index is 1170. The predicted molar refractivity (Wildman–Crippen MR) is 106 cm³/mol. The second kappa shape index (κ2) is 6.35. The van der Waals surface area contributed by atoms with Crippen molar-refractivity contribution in [2.45, 2.75) is 0 Å². The Morgan fingerprint density at radius 1 is 0.429 bits per heavy atom. The summed E-state index contributed by atoms with van der Waals surface area (Å²) >= 11 is 0. The molecule has 0 N–H and O–H groups in total. The molecular formula is C24H14N2O2. The summed E-state index contributed by atoms with van der Waals surface area (Å²) in [6.45, 7) is 0. The number of hydrogen-bond acceptors (Lipinski definition) is 4. The van der Waals surface area contributed by atoms with E-state index in [1.165, 1.54) is 0 Å². The van der Waals surface area contributed by atoms with Crippen LogP contribution in [-0.4, -0.2) is 21.5 Å². The van der Waals surface area contributed by atoms with Gasteiger partial charge in [-0.1, -0.05) is 48.5 Å². The van der Waals surface area contributed by atoms with Crippen molar-refractivity contribution >= 4 is 11.6 Å². The van der Waals surface area contributed by atoms with Crippen molar-refractivity contribution in [2.75, 3.05) is 0 Å². The first-order valence-electron chi connectivity index (χ1n) is 8.93. The molecule has 5 rings (SSSR count). The van der Waals surface area contributed by atoms with Crippen LogP contribution in [0, 0.1) is 0 Å². The third-order valence-corrected chi connectivity index (χ3v) is 4.80. The highest BCUT2D eigenvalue weighted by Gasteiger charge is 2.17. The van der Waals surface area contributed by atoms with Gasteiger partial charge in [-0.2, -0.15) is 0 Å². The number of nitrogens with zero attached hydrogens (tertiary/aromatic N) is 2. The van der Waals surface area contributed by atoms with Crippen molar-refractivity contribution in [3.8, 4) is 22.6 Å². The van der Waals surface area contributed by atoms with Gasteiger partial charge in [0.05, 0.1) is 17.1 Å². The largest absolute Gasteiger partial charge is 0.289 e. The molecule has 132 valence electrons. The summed E-state index contributed by atoms with van der Waals surface area (Å²) in [5.74, 6) is -0.357. The van der Waals surface area contributed by atoms with Gasteiger partial charge in [0.15, 0.2) is 5.78 Å². The average Bonchev–Trinajstić information content (AvgIpc) is 2.78. The molecule has 28 heavy (non-hydrogen) atoms. The lowest BCUT2D eigenvalue weighted by atomic mass is 9.97. The molecule has 0 aliphatic carbocycles. The van der Waals surface area contributed by atoms with Crippen molar-refractivity contribution in [1.29, 1.82) is 0 Å². The number of ketones is 2. The van der Waals surface area contributed by atoms with E-state index in [9.17, 15) is 9.59 Å². The number of carbonyl (C=O) groups excluding carboxylic acids is 2. The van der Waals surface area contributed by atoms with Crippen LogP contribution in [0.2, 0.25) is 0 Å². The van der Waals surface area contributed by atoms with E-state index in [2.05, 4.69) is 4.98 Å². The van der Waals surface area contributed by atoms with Crippen LogP contribution in [0.5, 0.6) is 0 Å². The zero-order valence-electron chi connectivity index (χ0n) is 14.8. The fraction of sp³-hybridized carbons (Fsp3) is 0. The first-order chi connectivity index (χ1) is 13.7. The van der Waals surface area contributed by atoms with Crippen molar-refractivity contribution in [2.24, 2.45) is 0 Å². The van der Waals surface area contributed by atoms with Gasteiger partial charge in [0.25, 0.3) is 0 Å². The Hall–Kier alpha value is -3.92. The Morgan fingerprint density at radius 3 is 1.54 bits per heavy atom. The quantitative estimate of drug-likeness (QED) is 0.404. The highest BCUT2D eigenvalue weighted by molar-refractivity contribution is 6.13. The van der Waals surface area contributed by atoms with Gasteiger partial charge >= 0.3 is 0 Å². The van der Waals surface area contributed by atoms with Gasteiger partial charge in [-0.05, 0) is 36.4 Å². The molecule has 0 fully saturated rings. The van der Waals surface area contributed by atoms with E-state index >= 15 is 0 Å². The average molecular weight is 362 g/mol. The van der Waals surface area contributed by atoms with Gasteiger partial charge in [-0.25, -0.2) is 9.97 Å². The van der Waals surface area contributed by atoms with Crippen LogP contribution in [0.1, 0.15) is 32.0 Å². The Labute approximate surface area is 161 Å². The van der Waals surface area contributed by atoms with Gasteiger partial charge < -0.3 is 0 Å². The fourth-order valence-electron chi connectivity index (χ4n) is 3.38. The molecule has 1 aliphatic heterocycles. The second-order valence-electron chi connectivity index (χ2n) is 6.64. The molecule has 0 unspecified atom stereocenters. The molecule has 8 bridgehead atoms. The summed E-state index contributed by atoms with van der Waals surface area (Å²) in [5, 5.41) is 0. The molecule has 2 aromatic heterocycles. The van der Waals surface area contributed by atoms with E-state index in [0.717, 1.165) is 11.3 Å². The minimum atomic E-state index is -0.224. The first kappa shape index (κ1) is 16.3. The smallest absolute Gasteiger partial charge is 0.211 e. The number of pyridine rings is 2. The van der Waals surface area contributed by atoms with Crippen LogP contribution < -0.4 is 0 Å². The van der Waals surface area contributed by atoms with Gasteiger partial charge in [-0.15, -0.1) is 0 Å². The molecule has 0 amide bonds.